The zero-order chi connectivity index (χ0) is 6.53. The van der Waals surface area contributed by atoms with Gasteiger partial charge in [-0.3, -0.25) is 0 Å². The molecule has 1 aromatic carbocycles. The molecular weight excluding hydrogens is 306 g/mol. The fourth-order valence-corrected chi connectivity index (χ4v) is 0.519. The van der Waals surface area contributed by atoms with Gasteiger partial charge in [-0.15, -0.1) is 0 Å². The number of benzene rings is 1. The number of rotatable bonds is 2. The first kappa shape index (κ1) is 9.60. The van der Waals surface area contributed by atoms with Gasteiger partial charge in [0, 0.05) is 20.4 Å². The van der Waals surface area contributed by atoms with Crippen molar-refractivity contribution in [3.63, 3.8) is 0 Å². The standard InChI is InChI=1S/C6H6O3.Re/c7-9-8-6-4-2-1-3-5-6;/h1-5,7H;. The molecule has 0 atom stereocenters. The molecule has 0 aliphatic heterocycles. The number of hydrogen-bond acceptors (Lipinski definition) is 3. The van der Waals surface area contributed by atoms with Crippen LogP contribution in [0.2, 0.25) is 0 Å². The van der Waals surface area contributed by atoms with Gasteiger partial charge in [0.15, 0.2) is 5.75 Å². The normalized spacial score (nSPS) is 8.10. The second-order valence-electron chi connectivity index (χ2n) is 1.47. The Hall–Kier alpha value is -0.398. The molecule has 55 valence electrons. The molecule has 0 fully saturated rings. The fraction of sp³-hybridized carbons (Fsp3) is 0. The van der Waals surface area contributed by atoms with Crippen molar-refractivity contribution in [3.05, 3.63) is 30.3 Å². The Morgan fingerprint density at radius 3 is 2.20 bits per heavy atom. The van der Waals surface area contributed by atoms with Gasteiger partial charge in [0.25, 0.3) is 0 Å². The number of hydrogen-bond donors (Lipinski definition) is 1. The maximum atomic E-state index is 7.80. The summed E-state index contributed by atoms with van der Waals surface area (Å²) >= 11 is 0. The molecule has 0 amide bonds. The topological polar surface area (TPSA) is 38.7 Å². The van der Waals surface area contributed by atoms with E-state index in [1.54, 1.807) is 24.3 Å². The van der Waals surface area contributed by atoms with Gasteiger partial charge in [-0.1, -0.05) is 18.2 Å². The van der Waals surface area contributed by atoms with Crippen LogP contribution in [0, 0.1) is 0 Å². The van der Waals surface area contributed by atoms with Crippen molar-refractivity contribution in [1.29, 1.82) is 0 Å². The summed E-state index contributed by atoms with van der Waals surface area (Å²) in [5.41, 5.74) is 0. The van der Waals surface area contributed by atoms with Crippen molar-refractivity contribution >= 4 is 0 Å². The first-order valence-electron chi connectivity index (χ1n) is 2.46. The van der Waals surface area contributed by atoms with E-state index in [0.717, 1.165) is 0 Å². The zero-order valence-corrected chi connectivity index (χ0v) is 7.74. The SMILES string of the molecule is OOOc1ccccc1.[Re]. The largest absolute Gasteiger partial charge is 0.308 e. The first-order valence-corrected chi connectivity index (χ1v) is 2.46. The predicted molar refractivity (Wildman–Crippen MR) is 30.8 cm³/mol. The molecule has 0 aliphatic carbocycles. The van der Waals surface area contributed by atoms with E-state index in [4.69, 9.17) is 5.26 Å². The van der Waals surface area contributed by atoms with Crippen molar-refractivity contribution in [2.75, 3.05) is 0 Å². The Morgan fingerprint density at radius 1 is 1.10 bits per heavy atom. The minimum atomic E-state index is 0. The maximum absolute atomic E-state index is 7.80. The average Bonchev–Trinajstić information content (AvgIpc) is 1.91. The van der Waals surface area contributed by atoms with Crippen LogP contribution in [0.4, 0.5) is 0 Å². The molecule has 0 saturated heterocycles. The molecule has 3 nitrogen and oxygen atoms in total. The molecule has 1 N–H and O–H groups in total. The summed E-state index contributed by atoms with van der Waals surface area (Å²) in [4.78, 5) is 4.26. The van der Waals surface area contributed by atoms with Crippen LogP contribution in [0.3, 0.4) is 0 Å². The Balaban J connectivity index is 0.000000810. The van der Waals surface area contributed by atoms with E-state index in [-0.39, 0.29) is 20.4 Å². The van der Waals surface area contributed by atoms with Crippen molar-refractivity contribution in [2.45, 2.75) is 0 Å². The summed E-state index contributed by atoms with van der Waals surface area (Å²) in [7, 11) is 0. The summed E-state index contributed by atoms with van der Waals surface area (Å²) in [6.45, 7) is 0. The molecule has 0 saturated carbocycles. The second kappa shape index (κ2) is 5.39. The molecule has 0 heterocycles. The molecule has 1 radical (unpaired) electrons. The molecule has 10 heavy (non-hydrogen) atoms. The minimum Gasteiger partial charge on any atom is -0.308 e. The molecule has 0 aromatic heterocycles. The fourth-order valence-electron chi connectivity index (χ4n) is 0.519. The summed E-state index contributed by atoms with van der Waals surface area (Å²) in [6.07, 6.45) is 0. The van der Waals surface area contributed by atoms with Crippen LogP contribution in [0.25, 0.3) is 0 Å². The summed E-state index contributed by atoms with van der Waals surface area (Å²) in [5, 5.41) is 11.2. The Bertz CT molecular complexity index is 166. The van der Waals surface area contributed by atoms with Crippen LogP contribution in [0.15, 0.2) is 30.3 Å². The minimum absolute atomic E-state index is 0. The van der Waals surface area contributed by atoms with Gasteiger partial charge in [-0.25, -0.2) is 5.26 Å². The second-order valence-corrected chi connectivity index (χ2v) is 1.47. The Kier molecular flexibility index (Phi) is 5.18. The zero-order valence-electron chi connectivity index (χ0n) is 5.03. The van der Waals surface area contributed by atoms with Gasteiger partial charge in [0.1, 0.15) is 0 Å². The van der Waals surface area contributed by atoms with E-state index < -0.39 is 0 Å². The van der Waals surface area contributed by atoms with E-state index in [2.05, 4.69) is 9.93 Å². The third-order valence-electron chi connectivity index (χ3n) is 0.877. The third-order valence-corrected chi connectivity index (χ3v) is 0.877. The first-order chi connectivity index (χ1) is 4.43. The Morgan fingerprint density at radius 2 is 1.70 bits per heavy atom. The number of para-hydroxylation sites is 1. The predicted octanol–water partition coefficient (Wildman–Crippen LogP) is 1.47. The summed E-state index contributed by atoms with van der Waals surface area (Å²) in [6, 6.07) is 8.71. The molecule has 4 heteroatoms. The molecule has 0 unspecified atom stereocenters. The van der Waals surface area contributed by atoms with Crippen LogP contribution in [-0.4, -0.2) is 5.26 Å². The van der Waals surface area contributed by atoms with E-state index in [1.807, 2.05) is 6.07 Å². The molecule has 0 bridgehead atoms. The molecule has 0 aliphatic rings. The van der Waals surface area contributed by atoms with E-state index in [0.29, 0.717) is 5.75 Å². The van der Waals surface area contributed by atoms with Gasteiger partial charge in [-0.2, -0.15) is 0 Å². The van der Waals surface area contributed by atoms with E-state index >= 15 is 0 Å². The maximum Gasteiger partial charge on any atom is 0.168 e. The van der Waals surface area contributed by atoms with Crippen LogP contribution < -0.4 is 4.89 Å². The van der Waals surface area contributed by atoms with Gasteiger partial charge in [0.05, 0.1) is 0 Å². The van der Waals surface area contributed by atoms with Crippen molar-refractivity contribution < 1.29 is 35.6 Å². The van der Waals surface area contributed by atoms with Crippen LogP contribution in [-0.2, 0) is 25.5 Å². The smallest absolute Gasteiger partial charge is 0.168 e. The van der Waals surface area contributed by atoms with Crippen LogP contribution in [0.1, 0.15) is 0 Å². The van der Waals surface area contributed by atoms with Gasteiger partial charge < -0.3 is 4.89 Å². The third kappa shape index (κ3) is 2.95. The molecule has 0 spiro atoms. The van der Waals surface area contributed by atoms with E-state index in [1.165, 1.54) is 0 Å². The van der Waals surface area contributed by atoms with Gasteiger partial charge >= 0.3 is 0 Å². The van der Waals surface area contributed by atoms with Crippen molar-refractivity contribution in [2.24, 2.45) is 0 Å². The van der Waals surface area contributed by atoms with Crippen LogP contribution >= 0.6 is 0 Å². The molecule has 1 aromatic rings. The average molecular weight is 312 g/mol. The quantitative estimate of drug-likeness (QED) is 0.664. The molecular formula is C6H6O3Re. The van der Waals surface area contributed by atoms with Gasteiger partial charge in [-0.05, 0) is 17.2 Å². The Labute approximate surface area is 72.1 Å². The summed E-state index contributed by atoms with van der Waals surface area (Å²) < 4.78 is 0. The van der Waals surface area contributed by atoms with Crippen molar-refractivity contribution in [1.82, 2.24) is 0 Å². The molecule has 1 rings (SSSR count). The van der Waals surface area contributed by atoms with Gasteiger partial charge in [0.2, 0.25) is 0 Å². The monoisotopic (exact) mass is 313 g/mol. The van der Waals surface area contributed by atoms with Crippen LogP contribution in [0.5, 0.6) is 5.75 Å². The summed E-state index contributed by atoms with van der Waals surface area (Å²) in [5.74, 6) is 0.472. The van der Waals surface area contributed by atoms with Crippen molar-refractivity contribution in [3.8, 4) is 5.75 Å². The van der Waals surface area contributed by atoms with E-state index in [9.17, 15) is 0 Å².